The molecular formula is C23H48O. The Bertz CT molecular complexity index is 214. The quantitative estimate of drug-likeness (QED) is 0.202. The van der Waals surface area contributed by atoms with Gasteiger partial charge in [-0.05, 0) is 20.3 Å². The molecule has 0 heterocycles. The molecule has 0 saturated heterocycles. The van der Waals surface area contributed by atoms with E-state index in [4.69, 9.17) is 4.74 Å². The maximum atomic E-state index is 5.57. The summed E-state index contributed by atoms with van der Waals surface area (Å²) in [6, 6.07) is 0. The standard InChI is InChI=1S/C23H48O/c1-4-6-7-8-9-10-11-12-13-14-15-16-17-18-19-20-21-22-23(3)24-5-2/h23H,4-22H2,1-3H3. The van der Waals surface area contributed by atoms with E-state index >= 15 is 0 Å². The normalized spacial score (nSPS) is 12.6. The summed E-state index contributed by atoms with van der Waals surface area (Å²) >= 11 is 0. The lowest BCUT2D eigenvalue weighted by Crippen LogP contribution is -2.07. The van der Waals surface area contributed by atoms with Gasteiger partial charge in [-0.2, -0.15) is 0 Å². The average Bonchev–Trinajstić information content (AvgIpc) is 2.58. The highest BCUT2D eigenvalue weighted by atomic mass is 16.5. The molecule has 0 saturated carbocycles. The first kappa shape index (κ1) is 24.0. The number of hydrogen-bond donors (Lipinski definition) is 0. The zero-order valence-electron chi connectivity index (χ0n) is 17.4. The van der Waals surface area contributed by atoms with Crippen molar-refractivity contribution in [2.24, 2.45) is 0 Å². The second-order valence-corrected chi connectivity index (χ2v) is 7.71. The molecule has 0 N–H and O–H groups in total. The fourth-order valence-electron chi connectivity index (χ4n) is 3.52. The van der Waals surface area contributed by atoms with Crippen molar-refractivity contribution in [3.8, 4) is 0 Å². The predicted octanol–water partition coefficient (Wildman–Crippen LogP) is 8.45. The van der Waals surface area contributed by atoms with Crippen molar-refractivity contribution in [1.29, 1.82) is 0 Å². The summed E-state index contributed by atoms with van der Waals surface area (Å²) in [5.41, 5.74) is 0. The molecule has 0 aromatic rings. The molecule has 0 aliphatic rings. The van der Waals surface area contributed by atoms with Crippen LogP contribution in [0.3, 0.4) is 0 Å². The molecule has 0 aliphatic carbocycles. The number of unbranched alkanes of at least 4 members (excludes halogenated alkanes) is 16. The molecule has 0 spiro atoms. The molecule has 1 nitrogen and oxygen atoms in total. The Morgan fingerprint density at radius 2 is 0.833 bits per heavy atom. The largest absolute Gasteiger partial charge is 0.379 e. The van der Waals surface area contributed by atoms with E-state index in [1.165, 1.54) is 116 Å². The van der Waals surface area contributed by atoms with Gasteiger partial charge < -0.3 is 4.74 Å². The van der Waals surface area contributed by atoms with Crippen molar-refractivity contribution < 1.29 is 4.74 Å². The predicted molar refractivity (Wildman–Crippen MR) is 110 cm³/mol. The van der Waals surface area contributed by atoms with E-state index in [0.29, 0.717) is 6.10 Å². The van der Waals surface area contributed by atoms with Crippen LogP contribution in [0.4, 0.5) is 0 Å². The molecule has 0 aromatic heterocycles. The number of hydrogen-bond acceptors (Lipinski definition) is 1. The minimum atomic E-state index is 0.464. The van der Waals surface area contributed by atoms with E-state index in [2.05, 4.69) is 20.8 Å². The van der Waals surface area contributed by atoms with E-state index < -0.39 is 0 Å². The van der Waals surface area contributed by atoms with Crippen LogP contribution in [0.5, 0.6) is 0 Å². The van der Waals surface area contributed by atoms with Crippen LogP contribution in [0, 0.1) is 0 Å². The maximum Gasteiger partial charge on any atom is 0.0546 e. The van der Waals surface area contributed by atoms with Crippen molar-refractivity contribution in [1.82, 2.24) is 0 Å². The second-order valence-electron chi connectivity index (χ2n) is 7.71. The van der Waals surface area contributed by atoms with E-state index in [1.807, 2.05) is 0 Å². The smallest absolute Gasteiger partial charge is 0.0546 e. The van der Waals surface area contributed by atoms with E-state index in [1.54, 1.807) is 0 Å². The summed E-state index contributed by atoms with van der Waals surface area (Å²) in [6.07, 6.45) is 26.3. The Balaban J connectivity index is 3.00. The zero-order valence-corrected chi connectivity index (χ0v) is 17.4. The Hall–Kier alpha value is -0.0400. The van der Waals surface area contributed by atoms with Crippen LogP contribution in [-0.4, -0.2) is 12.7 Å². The first-order valence-electron chi connectivity index (χ1n) is 11.4. The van der Waals surface area contributed by atoms with Gasteiger partial charge in [-0.1, -0.05) is 116 Å². The maximum absolute atomic E-state index is 5.57. The van der Waals surface area contributed by atoms with Crippen LogP contribution < -0.4 is 0 Å². The molecule has 146 valence electrons. The van der Waals surface area contributed by atoms with Gasteiger partial charge in [0.2, 0.25) is 0 Å². The Labute approximate surface area is 154 Å². The van der Waals surface area contributed by atoms with E-state index in [-0.39, 0.29) is 0 Å². The summed E-state index contributed by atoms with van der Waals surface area (Å²) in [7, 11) is 0. The van der Waals surface area contributed by atoms with Crippen LogP contribution >= 0.6 is 0 Å². The molecule has 0 amide bonds. The van der Waals surface area contributed by atoms with Crippen LogP contribution in [0.1, 0.15) is 136 Å². The fourth-order valence-corrected chi connectivity index (χ4v) is 3.52. The molecule has 0 aromatic carbocycles. The first-order chi connectivity index (χ1) is 11.8. The van der Waals surface area contributed by atoms with Crippen molar-refractivity contribution in [2.75, 3.05) is 6.61 Å². The number of rotatable bonds is 20. The lowest BCUT2D eigenvalue weighted by Gasteiger charge is -2.10. The number of ether oxygens (including phenoxy) is 1. The summed E-state index contributed by atoms with van der Waals surface area (Å²) in [5, 5.41) is 0. The lowest BCUT2D eigenvalue weighted by atomic mass is 10.0. The van der Waals surface area contributed by atoms with E-state index in [0.717, 1.165) is 6.61 Å². The van der Waals surface area contributed by atoms with Gasteiger partial charge in [0.05, 0.1) is 6.10 Å². The highest BCUT2D eigenvalue weighted by Crippen LogP contribution is 2.14. The Morgan fingerprint density at radius 1 is 0.500 bits per heavy atom. The van der Waals surface area contributed by atoms with Gasteiger partial charge >= 0.3 is 0 Å². The van der Waals surface area contributed by atoms with Gasteiger partial charge in [-0.15, -0.1) is 0 Å². The van der Waals surface area contributed by atoms with E-state index in [9.17, 15) is 0 Å². The summed E-state index contributed by atoms with van der Waals surface area (Å²) in [5.74, 6) is 0. The Kier molecular flexibility index (Phi) is 21.0. The third-order valence-electron chi connectivity index (χ3n) is 5.17. The molecule has 0 bridgehead atoms. The molecule has 0 radical (unpaired) electrons. The van der Waals surface area contributed by atoms with Crippen molar-refractivity contribution in [3.05, 3.63) is 0 Å². The van der Waals surface area contributed by atoms with Gasteiger partial charge in [-0.25, -0.2) is 0 Å². The van der Waals surface area contributed by atoms with Crippen LogP contribution in [-0.2, 0) is 4.74 Å². The lowest BCUT2D eigenvalue weighted by molar-refractivity contribution is 0.0683. The van der Waals surface area contributed by atoms with Gasteiger partial charge in [0.25, 0.3) is 0 Å². The highest BCUT2D eigenvalue weighted by molar-refractivity contribution is 4.53. The van der Waals surface area contributed by atoms with Gasteiger partial charge in [0, 0.05) is 6.61 Å². The first-order valence-corrected chi connectivity index (χ1v) is 11.4. The van der Waals surface area contributed by atoms with Gasteiger partial charge in [0.1, 0.15) is 0 Å². The molecule has 1 atom stereocenters. The summed E-state index contributed by atoms with van der Waals surface area (Å²) < 4.78 is 5.57. The molecule has 0 aliphatic heterocycles. The second kappa shape index (κ2) is 21.0. The third-order valence-corrected chi connectivity index (χ3v) is 5.17. The summed E-state index contributed by atoms with van der Waals surface area (Å²) in [6.45, 7) is 7.45. The molecular weight excluding hydrogens is 292 g/mol. The zero-order chi connectivity index (χ0) is 17.7. The van der Waals surface area contributed by atoms with Crippen molar-refractivity contribution in [3.63, 3.8) is 0 Å². The van der Waals surface area contributed by atoms with Crippen molar-refractivity contribution >= 4 is 0 Å². The van der Waals surface area contributed by atoms with Crippen LogP contribution in [0.2, 0.25) is 0 Å². The van der Waals surface area contributed by atoms with Gasteiger partial charge in [-0.3, -0.25) is 0 Å². The Morgan fingerprint density at radius 3 is 1.17 bits per heavy atom. The van der Waals surface area contributed by atoms with Crippen LogP contribution in [0.15, 0.2) is 0 Å². The highest BCUT2D eigenvalue weighted by Gasteiger charge is 2.00. The molecule has 1 heteroatoms. The molecule has 0 rings (SSSR count). The molecule has 1 unspecified atom stereocenters. The van der Waals surface area contributed by atoms with Crippen LogP contribution in [0.25, 0.3) is 0 Å². The minimum absolute atomic E-state index is 0.464. The minimum Gasteiger partial charge on any atom is -0.379 e. The third kappa shape index (κ3) is 20.0. The summed E-state index contributed by atoms with van der Waals surface area (Å²) in [4.78, 5) is 0. The molecule has 0 fully saturated rings. The topological polar surface area (TPSA) is 9.23 Å². The SMILES string of the molecule is CCCCCCCCCCCCCCCCCCCC(C)OCC. The average molecular weight is 341 g/mol. The van der Waals surface area contributed by atoms with Gasteiger partial charge in [0.15, 0.2) is 0 Å². The van der Waals surface area contributed by atoms with Crippen molar-refractivity contribution in [2.45, 2.75) is 142 Å². The monoisotopic (exact) mass is 340 g/mol. The molecule has 24 heavy (non-hydrogen) atoms. The fraction of sp³-hybridized carbons (Fsp3) is 1.00.